The zero-order chi connectivity index (χ0) is 15.8. The lowest BCUT2D eigenvalue weighted by Gasteiger charge is -2.31. The Bertz CT molecular complexity index is 397. The molecule has 0 aliphatic carbocycles. The van der Waals surface area contributed by atoms with E-state index in [2.05, 4.69) is 4.90 Å². The Hall–Kier alpha value is -1.40. The molecule has 0 aromatic rings. The molecule has 0 aromatic carbocycles. The van der Waals surface area contributed by atoms with Crippen LogP contribution in [0.15, 0.2) is 12.2 Å². The minimum atomic E-state index is -0.157. The van der Waals surface area contributed by atoms with E-state index in [1.807, 2.05) is 11.0 Å². The van der Waals surface area contributed by atoms with Gasteiger partial charge in [-0.3, -0.25) is 14.5 Å². The fourth-order valence-corrected chi connectivity index (χ4v) is 2.87. The van der Waals surface area contributed by atoms with Gasteiger partial charge in [-0.2, -0.15) is 0 Å². The Labute approximate surface area is 132 Å². The number of morpholine rings is 1. The Morgan fingerprint density at radius 3 is 2.50 bits per heavy atom. The maximum absolute atomic E-state index is 12.1. The van der Waals surface area contributed by atoms with Gasteiger partial charge >= 0.3 is 5.97 Å². The van der Waals surface area contributed by atoms with Crippen molar-refractivity contribution >= 4 is 11.9 Å². The van der Waals surface area contributed by atoms with Gasteiger partial charge in [-0.1, -0.05) is 6.08 Å². The van der Waals surface area contributed by atoms with Crippen LogP contribution in [0.3, 0.4) is 0 Å². The molecule has 6 nitrogen and oxygen atoms in total. The van der Waals surface area contributed by atoms with Crippen LogP contribution in [0.1, 0.15) is 19.3 Å². The average molecular weight is 310 g/mol. The summed E-state index contributed by atoms with van der Waals surface area (Å²) < 4.78 is 9.99. The van der Waals surface area contributed by atoms with Crippen LogP contribution < -0.4 is 0 Å². The van der Waals surface area contributed by atoms with Crippen molar-refractivity contribution in [2.45, 2.75) is 19.3 Å². The molecule has 0 unspecified atom stereocenters. The third kappa shape index (κ3) is 5.42. The summed E-state index contributed by atoms with van der Waals surface area (Å²) in [6.45, 7) is 5.65. The van der Waals surface area contributed by atoms with Gasteiger partial charge in [-0.05, 0) is 18.8 Å². The first-order valence-electron chi connectivity index (χ1n) is 8.01. The number of methoxy groups -OCH3 is 1. The topological polar surface area (TPSA) is 59.1 Å². The Kier molecular flexibility index (Phi) is 6.86. The quantitative estimate of drug-likeness (QED) is 0.552. The van der Waals surface area contributed by atoms with E-state index in [9.17, 15) is 9.59 Å². The molecule has 2 aliphatic rings. The van der Waals surface area contributed by atoms with Crippen molar-refractivity contribution in [3.05, 3.63) is 12.2 Å². The average Bonchev–Trinajstić information content (AvgIpc) is 2.56. The number of rotatable bonds is 5. The SMILES string of the molecule is COC(=O)CC1CCN(C(=O)/C=C/CN2CCOCC2)CC1. The second-order valence-corrected chi connectivity index (χ2v) is 5.86. The molecule has 0 aromatic heterocycles. The first-order valence-corrected chi connectivity index (χ1v) is 8.01. The molecular weight excluding hydrogens is 284 g/mol. The number of nitrogens with zero attached hydrogens (tertiary/aromatic N) is 2. The van der Waals surface area contributed by atoms with E-state index in [1.165, 1.54) is 7.11 Å². The maximum atomic E-state index is 12.1. The molecule has 0 atom stereocenters. The molecule has 22 heavy (non-hydrogen) atoms. The molecule has 124 valence electrons. The second-order valence-electron chi connectivity index (χ2n) is 5.86. The maximum Gasteiger partial charge on any atom is 0.305 e. The number of ether oxygens (including phenoxy) is 2. The zero-order valence-electron chi connectivity index (χ0n) is 13.3. The molecule has 0 saturated carbocycles. The molecule has 1 amide bonds. The van der Waals surface area contributed by atoms with Crippen molar-refractivity contribution in [3.8, 4) is 0 Å². The number of carbonyl (C=O) groups excluding carboxylic acids is 2. The number of carbonyl (C=O) groups is 2. The van der Waals surface area contributed by atoms with Gasteiger partial charge in [0.25, 0.3) is 0 Å². The predicted molar refractivity (Wildman–Crippen MR) is 82.3 cm³/mol. The smallest absolute Gasteiger partial charge is 0.305 e. The van der Waals surface area contributed by atoms with Crippen molar-refractivity contribution in [1.82, 2.24) is 9.80 Å². The number of likely N-dealkylation sites (tertiary alicyclic amines) is 1. The summed E-state index contributed by atoms with van der Waals surface area (Å²) in [6.07, 6.45) is 5.83. The molecule has 6 heteroatoms. The van der Waals surface area contributed by atoms with Crippen molar-refractivity contribution in [1.29, 1.82) is 0 Å². The van der Waals surface area contributed by atoms with Gasteiger partial charge in [0.15, 0.2) is 0 Å². The summed E-state index contributed by atoms with van der Waals surface area (Å²) in [6, 6.07) is 0. The van der Waals surface area contributed by atoms with E-state index in [4.69, 9.17) is 9.47 Å². The Morgan fingerprint density at radius 2 is 1.86 bits per heavy atom. The van der Waals surface area contributed by atoms with Crippen LogP contribution in [0.5, 0.6) is 0 Å². The summed E-state index contributed by atoms with van der Waals surface area (Å²) in [7, 11) is 1.42. The molecule has 0 radical (unpaired) electrons. The first kappa shape index (κ1) is 17.0. The van der Waals surface area contributed by atoms with Gasteiger partial charge < -0.3 is 14.4 Å². The van der Waals surface area contributed by atoms with E-state index in [1.54, 1.807) is 6.08 Å². The van der Waals surface area contributed by atoms with E-state index in [-0.39, 0.29) is 11.9 Å². The predicted octanol–water partition coefficient (Wildman–Crippen LogP) is 0.677. The lowest BCUT2D eigenvalue weighted by Crippen LogP contribution is -2.38. The lowest BCUT2D eigenvalue weighted by molar-refractivity contribution is -0.142. The fourth-order valence-electron chi connectivity index (χ4n) is 2.87. The zero-order valence-corrected chi connectivity index (χ0v) is 13.3. The van der Waals surface area contributed by atoms with Crippen LogP contribution in [0.25, 0.3) is 0 Å². The summed E-state index contributed by atoms with van der Waals surface area (Å²) in [4.78, 5) is 27.5. The molecule has 0 bridgehead atoms. The van der Waals surface area contributed by atoms with Gasteiger partial charge in [0.1, 0.15) is 0 Å². The molecule has 2 heterocycles. The van der Waals surface area contributed by atoms with Gasteiger partial charge in [-0.25, -0.2) is 0 Å². The molecular formula is C16H26N2O4. The van der Waals surface area contributed by atoms with Crippen LogP contribution in [-0.4, -0.2) is 74.7 Å². The highest BCUT2D eigenvalue weighted by atomic mass is 16.5. The minimum absolute atomic E-state index is 0.0739. The largest absolute Gasteiger partial charge is 0.469 e. The van der Waals surface area contributed by atoms with Crippen LogP contribution >= 0.6 is 0 Å². The standard InChI is InChI=1S/C16H26N2O4/c1-21-16(20)13-14-4-7-18(8-5-14)15(19)3-2-6-17-9-11-22-12-10-17/h2-3,14H,4-13H2,1H3/b3-2+. The fraction of sp³-hybridized carbons (Fsp3) is 0.750. The molecule has 0 N–H and O–H groups in total. The third-order valence-electron chi connectivity index (χ3n) is 4.34. The summed E-state index contributed by atoms with van der Waals surface area (Å²) >= 11 is 0. The minimum Gasteiger partial charge on any atom is -0.469 e. The molecule has 0 spiro atoms. The molecule has 2 fully saturated rings. The molecule has 2 aliphatic heterocycles. The van der Waals surface area contributed by atoms with Crippen molar-refractivity contribution in [2.24, 2.45) is 5.92 Å². The van der Waals surface area contributed by atoms with Crippen molar-refractivity contribution < 1.29 is 19.1 Å². The van der Waals surface area contributed by atoms with Gasteiger partial charge in [-0.15, -0.1) is 0 Å². The van der Waals surface area contributed by atoms with Crippen LogP contribution in [-0.2, 0) is 19.1 Å². The lowest BCUT2D eigenvalue weighted by atomic mass is 9.93. The highest BCUT2D eigenvalue weighted by Gasteiger charge is 2.23. The molecule has 2 saturated heterocycles. The van der Waals surface area contributed by atoms with Crippen LogP contribution in [0, 0.1) is 5.92 Å². The Balaban J connectivity index is 1.67. The summed E-state index contributed by atoms with van der Waals surface area (Å²) in [5.74, 6) is 0.258. The van der Waals surface area contributed by atoms with E-state index >= 15 is 0 Å². The molecule has 2 rings (SSSR count). The van der Waals surface area contributed by atoms with E-state index in [0.717, 1.165) is 58.8 Å². The number of hydrogen-bond donors (Lipinski definition) is 0. The number of amides is 1. The van der Waals surface area contributed by atoms with Gasteiger partial charge in [0.05, 0.1) is 20.3 Å². The summed E-state index contributed by atoms with van der Waals surface area (Å²) in [5, 5.41) is 0. The van der Waals surface area contributed by atoms with E-state index in [0.29, 0.717) is 12.3 Å². The normalized spacial score (nSPS) is 21.2. The van der Waals surface area contributed by atoms with Crippen LogP contribution in [0.2, 0.25) is 0 Å². The number of hydrogen-bond acceptors (Lipinski definition) is 5. The van der Waals surface area contributed by atoms with Crippen molar-refractivity contribution in [3.63, 3.8) is 0 Å². The Morgan fingerprint density at radius 1 is 1.18 bits per heavy atom. The van der Waals surface area contributed by atoms with Crippen molar-refractivity contribution in [2.75, 3.05) is 53.0 Å². The number of piperidine rings is 1. The first-order chi connectivity index (χ1) is 10.7. The van der Waals surface area contributed by atoms with Gasteiger partial charge in [0, 0.05) is 45.2 Å². The highest BCUT2D eigenvalue weighted by molar-refractivity contribution is 5.87. The summed E-state index contributed by atoms with van der Waals surface area (Å²) in [5.41, 5.74) is 0. The van der Waals surface area contributed by atoms with Gasteiger partial charge in [0.2, 0.25) is 5.91 Å². The van der Waals surface area contributed by atoms with E-state index < -0.39 is 0 Å². The number of esters is 1. The third-order valence-corrected chi connectivity index (χ3v) is 4.34. The second kappa shape index (κ2) is 8.90. The monoisotopic (exact) mass is 310 g/mol. The van der Waals surface area contributed by atoms with Crippen LogP contribution in [0.4, 0.5) is 0 Å². The highest BCUT2D eigenvalue weighted by Crippen LogP contribution is 2.21.